The highest BCUT2D eigenvalue weighted by Crippen LogP contribution is 2.13. The summed E-state index contributed by atoms with van der Waals surface area (Å²) in [6.07, 6.45) is 7.58. The molecule has 0 fully saturated rings. The first-order valence-corrected chi connectivity index (χ1v) is 6.61. The summed E-state index contributed by atoms with van der Waals surface area (Å²) in [4.78, 5) is 8.46. The Morgan fingerprint density at radius 1 is 1.28 bits per heavy atom. The molecule has 4 N–H and O–H groups in total. The van der Waals surface area contributed by atoms with Crippen LogP contribution in [0.3, 0.4) is 0 Å². The third kappa shape index (κ3) is 4.24. The molecule has 98 valence electrons. The predicted molar refractivity (Wildman–Crippen MR) is 74.0 cm³/mol. The van der Waals surface area contributed by atoms with Gasteiger partial charge in [-0.05, 0) is 12.8 Å². The maximum atomic E-state index is 5.72. The van der Waals surface area contributed by atoms with Crippen molar-refractivity contribution >= 4 is 11.8 Å². The summed E-state index contributed by atoms with van der Waals surface area (Å²) in [5.74, 6) is 1.19. The first-order valence-electron chi connectivity index (χ1n) is 6.61. The molecule has 0 radical (unpaired) electrons. The van der Waals surface area contributed by atoms with Gasteiger partial charge in [-0.15, -0.1) is 0 Å². The Morgan fingerprint density at radius 2 is 2.11 bits per heavy atom. The molecule has 0 unspecified atom stereocenters. The number of rotatable bonds is 8. The summed E-state index contributed by atoms with van der Waals surface area (Å²) < 4.78 is 0. The van der Waals surface area contributed by atoms with Crippen LogP contribution in [-0.2, 0) is 6.42 Å². The second-order valence-electron chi connectivity index (χ2n) is 4.55. The molecule has 2 rings (SSSR count). The van der Waals surface area contributed by atoms with Gasteiger partial charge < -0.3 is 16.4 Å². The molecule has 0 aromatic carbocycles. The van der Waals surface area contributed by atoms with Gasteiger partial charge in [-0.25, -0.2) is 4.98 Å². The summed E-state index contributed by atoms with van der Waals surface area (Å²) in [7, 11) is 0. The summed E-state index contributed by atoms with van der Waals surface area (Å²) in [6.45, 7) is 3.06. The van der Waals surface area contributed by atoms with Crippen LogP contribution in [0.4, 0.5) is 11.8 Å². The van der Waals surface area contributed by atoms with Gasteiger partial charge in [0.2, 0.25) is 5.95 Å². The monoisotopic (exact) mass is 247 g/mol. The zero-order valence-electron chi connectivity index (χ0n) is 10.9. The number of nitrogen functional groups attached to an aromatic ring is 1. The van der Waals surface area contributed by atoms with Crippen molar-refractivity contribution in [2.75, 3.05) is 17.6 Å². The van der Waals surface area contributed by atoms with E-state index >= 15 is 0 Å². The Morgan fingerprint density at radius 3 is 2.83 bits per heavy atom. The molecule has 1 aliphatic rings. The molecule has 5 heteroatoms. The lowest BCUT2D eigenvalue weighted by atomic mass is 10.1. The van der Waals surface area contributed by atoms with Crippen LogP contribution in [0.5, 0.6) is 0 Å². The number of aryl methyl sites for hydroxylation is 1. The molecule has 0 amide bonds. The van der Waals surface area contributed by atoms with E-state index in [-0.39, 0.29) is 0 Å². The molecule has 0 atom stereocenters. The minimum atomic E-state index is 0.357. The Balaban J connectivity index is 1.85. The van der Waals surface area contributed by atoms with Crippen LogP contribution in [0.15, 0.2) is 18.0 Å². The van der Waals surface area contributed by atoms with E-state index in [2.05, 4.69) is 27.5 Å². The molecule has 0 bridgehead atoms. The van der Waals surface area contributed by atoms with Crippen molar-refractivity contribution in [2.24, 2.45) is 0 Å². The minimum absolute atomic E-state index is 0.357. The lowest BCUT2D eigenvalue weighted by molar-refractivity contribution is 0.707. The van der Waals surface area contributed by atoms with Gasteiger partial charge in [0.1, 0.15) is 5.82 Å². The van der Waals surface area contributed by atoms with Gasteiger partial charge in [-0.3, -0.25) is 0 Å². The molecular weight excluding hydrogens is 226 g/mol. The molecule has 1 aliphatic heterocycles. The molecule has 0 aliphatic carbocycles. The van der Waals surface area contributed by atoms with Gasteiger partial charge in [0, 0.05) is 36.6 Å². The van der Waals surface area contributed by atoms with Gasteiger partial charge in [0.15, 0.2) is 0 Å². The van der Waals surface area contributed by atoms with E-state index < -0.39 is 0 Å². The van der Waals surface area contributed by atoms with Crippen molar-refractivity contribution in [2.45, 2.75) is 39.0 Å². The van der Waals surface area contributed by atoms with Crippen molar-refractivity contribution in [3.05, 3.63) is 23.7 Å². The third-order valence-electron chi connectivity index (χ3n) is 2.88. The van der Waals surface area contributed by atoms with E-state index in [1.165, 1.54) is 18.5 Å². The number of nitrogens with zero attached hydrogens (tertiary/aromatic N) is 2. The number of hydrogen-bond donors (Lipinski definition) is 3. The fourth-order valence-corrected chi connectivity index (χ4v) is 1.81. The molecule has 0 spiro atoms. The summed E-state index contributed by atoms with van der Waals surface area (Å²) >= 11 is 0. The lowest BCUT2D eigenvalue weighted by Crippen LogP contribution is -2.08. The van der Waals surface area contributed by atoms with Crippen LogP contribution in [-0.4, -0.2) is 16.5 Å². The van der Waals surface area contributed by atoms with Gasteiger partial charge in [0.05, 0.1) is 0 Å². The Kier molecular flexibility index (Phi) is 4.39. The maximum Gasteiger partial charge on any atom is 0.222 e. The molecule has 1 aromatic rings. The zero-order valence-corrected chi connectivity index (χ0v) is 10.9. The molecule has 0 saturated heterocycles. The number of aromatic nitrogens is 2. The molecule has 18 heavy (non-hydrogen) atoms. The average molecular weight is 247 g/mol. The van der Waals surface area contributed by atoms with E-state index in [0.29, 0.717) is 5.95 Å². The van der Waals surface area contributed by atoms with Gasteiger partial charge >= 0.3 is 0 Å². The quantitative estimate of drug-likeness (QED) is 0.612. The summed E-state index contributed by atoms with van der Waals surface area (Å²) in [6, 6.07) is 2.00. The van der Waals surface area contributed by atoms with Crippen LogP contribution in [0.25, 0.3) is 0 Å². The van der Waals surface area contributed by atoms with E-state index in [1.54, 1.807) is 0 Å². The Bertz CT molecular complexity index is 427. The second-order valence-corrected chi connectivity index (χ2v) is 4.55. The minimum Gasteiger partial charge on any atom is -0.370 e. The lowest BCUT2D eigenvalue weighted by Gasteiger charge is -2.07. The third-order valence-corrected chi connectivity index (χ3v) is 2.88. The summed E-state index contributed by atoms with van der Waals surface area (Å²) in [5, 5.41) is 6.35. The van der Waals surface area contributed by atoms with Crippen LogP contribution >= 0.6 is 0 Å². The fraction of sp³-hybridized carbons (Fsp3) is 0.538. The zero-order chi connectivity index (χ0) is 12.8. The largest absolute Gasteiger partial charge is 0.370 e. The van der Waals surface area contributed by atoms with Gasteiger partial charge in [0.25, 0.3) is 0 Å². The van der Waals surface area contributed by atoms with Crippen LogP contribution in [0, 0.1) is 0 Å². The highest BCUT2D eigenvalue weighted by atomic mass is 15.1. The van der Waals surface area contributed by atoms with Crippen molar-refractivity contribution in [1.82, 2.24) is 15.3 Å². The normalized spacial score (nSPS) is 12.8. The van der Waals surface area contributed by atoms with E-state index in [9.17, 15) is 0 Å². The number of hydrogen-bond acceptors (Lipinski definition) is 5. The van der Waals surface area contributed by atoms with Crippen LogP contribution in [0.2, 0.25) is 0 Å². The number of nitrogens with one attached hydrogen (secondary N) is 2. The average Bonchev–Trinajstić information content (AvgIpc) is 3.13. The smallest absolute Gasteiger partial charge is 0.222 e. The van der Waals surface area contributed by atoms with Crippen molar-refractivity contribution in [3.63, 3.8) is 0 Å². The first kappa shape index (κ1) is 12.7. The van der Waals surface area contributed by atoms with Crippen molar-refractivity contribution < 1.29 is 0 Å². The van der Waals surface area contributed by atoms with Gasteiger partial charge in [-0.1, -0.05) is 19.8 Å². The fourth-order valence-electron chi connectivity index (χ4n) is 1.81. The Labute approximate surface area is 108 Å². The van der Waals surface area contributed by atoms with E-state index in [1.807, 2.05) is 12.3 Å². The molecular formula is C13H21N5. The molecule has 1 aromatic heterocycles. The predicted octanol–water partition coefficient (Wildman–Crippen LogP) is 2.04. The first-order chi connectivity index (χ1) is 8.78. The molecule has 0 saturated carbocycles. The van der Waals surface area contributed by atoms with Crippen molar-refractivity contribution in [1.29, 1.82) is 0 Å². The van der Waals surface area contributed by atoms with E-state index in [0.717, 1.165) is 37.3 Å². The standard InChI is InChI=1S/C13H21N5/c1-2-3-4-5-10-8-12(18-13(14)17-10)15-7-6-11-9-16-11/h8-9,16H,2-7H2,1H3,(H3,14,15,17,18). The highest BCUT2D eigenvalue weighted by Gasteiger charge is 2.06. The Hall–Kier alpha value is -1.78. The second kappa shape index (κ2) is 6.23. The highest BCUT2D eigenvalue weighted by molar-refractivity contribution is 5.40. The number of unbranched alkanes of at least 4 members (excludes halogenated alkanes) is 2. The topological polar surface area (TPSA) is 85.8 Å². The number of nitrogens with two attached hydrogens (primary N) is 1. The van der Waals surface area contributed by atoms with Crippen LogP contribution < -0.4 is 16.4 Å². The number of anilines is 2. The maximum absolute atomic E-state index is 5.72. The molecule has 5 nitrogen and oxygen atoms in total. The summed E-state index contributed by atoms with van der Waals surface area (Å²) in [5.41, 5.74) is 8.04. The molecule has 2 heterocycles. The van der Waals surface area contributed by atoms with Gasteiger partial charge in [-0.2, -0.15) is 4.98 Å². The SMILES string of the molecule is CCCCCc1cc(NCCC2=CN2)nc(N)n1. The van der Waals surface area contributed by atoms with Crippen molar-refractivity contribution in [3.8, 4) is 0 Å². The van der Waals surface area contributed by atoms with Crippen LogP contribution in [0.1, 0.15) is 38.3 Å². The van der Waals surface area contributed by atoms with E-state index in [4.69, 9.17) is 5.73 Å².